The molecule has 0 atom stereocenters. The molecule has 7 heteroatoms. The van der Waals surface area contributed by atoms with Crippen LogP contribution in [0.4, 0.5) is 5.69 Å². The zero-order valence-corrected chi connectivity index (χ0v) is 20.3. The van der Waals surface area contributed by atoms with E-state index in [9.17, 15) is 8.42 Å². The zero-order valence-electron chi connectivity index (χ0n) is 19.5. The number of nitrogens with one attached hydrogen (secondary N) is 1. The average Bonchev–Trinajstić information content (AvgIpc) is 3.01. The molecule has 172 valence electrons. The molecule has 0 aliphatic carbocycles. The van der Waals surface area contributed by atoms with Crippen LogP contribution in [0.3, 0.4) is 0 Å². The monoisotopic (exact) mass is 446 g/mol. The maximum atomic E-state index is 13.0. The molecule has 0 radical (unpaired) electrons. The molecule has 2 aromatic rings. The highest BCUT2D eigenvalue weighted by Gasteiger charge is 2.21. The van der Waals surface area contributed by atoms with Crippen molar-refractivity contribution in [1.82, 2.24) is 14.7 Å². The predicted molar refractivity (Wildman–Crippen MR) is 127 cm³/mol. The molecule has 6 nitrogen and oxygen atoms in total. The quantitative estimate of drug-likeness (QED) is 0.582. The zero-order chi connectivity index (χ0) is 22.4. The number of aryl methyl sites for hydroxylation is 3. The predicted octanol–water partition coefficient (Wildman–Crippen LogP) is 4.54. The number of sulfonamides is 1. The summed E-state index contributed by atoms with van der Waals surface area (Å²) in [4.78, 5) is 2.71. The molecule has 2 heterocycles. The number of hydrogen-bond acceptors (Lipinski definition) is 4. The van der Waals surface area contributed by atoms with E-state index in [0.717, 1.165) is 49.4 Å². The summed E-state index contributed by atoms with van der Waals surface area (Å²) >= 11 is 0. The van der Waals surface area contributed by atoms with Gasteiger partial charge in [0.05, 0.1) is 22.0 Å². The summed E-state index contributed by atoms with van der Waals surface area (Å²) in [6, 6.07) is 7.36. The number of piperidine rings is 1. The lowest BCUT2D eigenvalue weighted by atomic mass is 9.91. The standard InChI is InChI=1S/C24H38N4O2S/c1-5-6-10-23-24(19(2)28(4)25-23)26-31(29,30)22-13-11-20(12-14-22)8-7-9-21-15-17-27(3)18-16-21/h11-14,21,26H,5-10,15-18H2,1-4H3. The molecule has 0 unspecified atom stereocenters. The van der Waals surface area contributed by atoms with Crippen molar-refractivity contribution in [2.24, 2.45) is 13.0 Å². The van der Waals surface area contributed by atoms with Gasteiger partial charge in [0.25, 0.3) is 10.0 Å². The van der Waals surface area contributed by atoms with Gasteiger partial charge in [0.1, 0.15) is 0 Å². The number of likely N-dealkylation sites (tertiary alicyclic amines) is 1. The number of aromatic nitrogens is 2. The molecule has 1 N–H and O–H groups in total. The van der Waals surface area contributed by atoms with Crippen LogP contribution in [0.2, 0.25) is 0 Å². The number of nitrogens with zero attached hydrogens (tertiary/aromatic N) is 3. The van der Waals surface area contributed by atoms with Gasteiger partial charge < -0.3 is 4.90 Å². The third-order valence-electron chi connectivity index (χ3n) is 6.56. The first-order valence-corrected chi connectivity index (χ1v) is 13.1. The fourth-order valence-corrected chi connectivity index (χ4v) is 5.45. The number of unbranched alkanes of at least 4 members (excludes halogenated alkanes) is 1. The molecule has 31 heavy (non-hydrogen) atoms. The lowest BCUT2D eigenvalue weighted by Gasteiger charge is -2.28. The Morgan fingerprint density at radius 2 is 1.74 bits per heavy atom. The molecule has 1 aromatic heterocycles. The highest BCUT2D eigenvalue weighted by atomic mass is 32.2. The number of anilines is 1. The average molecular weight is 447 g/mol. The van der Waals surface area contributed by atoms with Crippen LogP contribution in [0.5, 0.6) is 0 Å². The fraction of sp³-hybridized carbons (Fsp3) is 0.625. The number of rotatable bonds is 10. The van der Waals surface area contributed by atoms with Crippen molar-refractivity contribution in [1.29, 1.82) is 0 Å². The minimum Gasteiger partial charge on any atom is -0.306 e. The topological polar surface area (TPSA) is 67.2 Å². The SMILES string of the molecule is CCCCc1nn(C)c(C)c1NS(=O)(=O)c1ccc(CCCC2CCN(C)CC2)cc1. The summed E-state index contributed by atoms with van der Waals surface area (Å²) < 4.78 is 30.5. The van der Waals surface area contributed by atoms with Crippen LogP contribution in [-0.4, -0.2) is 43.2 Å². The van der Waals surface area contributed by atoms with Gasteiger partial charge in [-0.3, -0.25) is 9.40 Å². The normalized spacial score (nSPS) is 16.0. The molecular weight excluding hydrogens is 408 g/mol. The molecular formula is C24H38N4O2S. The van der Waals surface area contributed by atoms with Crippen molar-refractivity contribution in [2.45, 2.75) is 70.1 Å². The summed E-state index contributed by atoms with van der Waals surface area (Å²) in [6.45, 7) is 6.43. The van der Waals surface area contributed by atoms with E-state index < -0.39 is 10.0 Å². The first kappa shape index (κ1) is 23.8. The number of hydrogen-bond donors (Lipinski definition) is 1. The minimum absolute atomic E-state index is 0.302. The Morgan fingerprint density at radius 1 is 1.06 bits per heavy atom. The van der Waals surface area contributed by atoms with E-state index in [0.29, 0.717) is 10.6 Å². The molecule has 1 saturated heterocycles. The van der Waals surface area contributed by atoms with Crippen LogP contribution >= 0.6 is 0 Å². The molecule has 0 amide bonds. The van der Waals surface area contributed by atoms with Crippen molar-refractivity contribution >= 4 is 15.7 Å². The second-order valence-corrected chi connectivity index (χ2v) is 10.7. The largest absolute Gasteiger partial charge is 0.306 e. The first-order valence-electron chi connectivity index (χ1n) is 11.6. The lowest BCUT2D eigenvalue weighted by Crippen LogP contribution is -2.30. The second-order valence-electron chi connectivity index (χ2n) is 9.02. The number of benzene rings is 1. The second kappa shape index (κ2) is 10.6. The van der Waals surface area contributed by atoms with E-state index >= 15 is 0 Å². The van der Waals surface area contributed by atoms with E-state index in [1.807, 2.05) is 26.1 Å². The highest BCUT2D eigenvalue weighted by Crippen LogP contribution is 2.26. The molecule has 1 aromatic carbocycles. The summed E-state index contributed by atoms with van der Waals surface area (Å²) in [5.74, 6) is 0.838. The Hall–Kier alpha value is -1.86. The summed E-state index contributed by atoms with van der Waals surface area (Å²) in [5, 5.41) is 4.50. The highest BCUT2D eigenvalue weighted by molar-refractivity contribution is 7.92. The maximum absolute atomic E-state index is 13.0. The van der Waals surface area contributed by atoms with Crippen LogP contribution in [0, 0.1) is 12.8 Å². The fourth-order valence-electron chi connectivity index (χ4n) is 4.30. The Morgan fingerprint density at radius 3 is 2.39 bits per heavy atom. The van der Waals surface area contributed by atoms with Crippen molar-refractivity contribution in [3.8, 4) is 0 Å². The van der Waals surface area contributed by atoms with E-state index in [-0.39, 0.29) is 0 Å². The first-order chi connectivity index (χ1) is 14.8. The van der Waals surface area contributed by atoms with Gasteiger partial charge in [0.15, 0.2) is 0 Å². The van der Waals surface area contributed by atoms with Gasteiger partial charge in [-0.1, -0.05) is 31.9 Å². The Balaban J connectivity index is 1.60. The molecule has 1 aliphatic heterocycles. The van der Waals surface area contributed by atoms with Crippen molar-refractivity contribution < 1.29 is 8.42 Å². The van der Waals surface area contributed by atoms with E-state index in [4.69, 9.17) is 0 Å². The summed E-state index contributed by atoms with van der Waals surface area (Å²) in [6.07, 6.45) is 8.82. The third kappa shape index (κ3) is 6.32. The molecule has 0 spiro atoms. The Bertz CT molecular complexity index is 943. The maximum Gasteiger partial charge on any atom is 0.262 e. The van der Waals surface area contributed by atoms with Gasteiger partial charge in [-0.25, -0.2) is 8.42 Å². The third-order valence-corrected chi connectivity index (χ3v) is 7.93. The van der Waals surface area contributed by atoms with E-state index in [1.54, 1.807) is 16.8 Å². The Kier molecular flexibility index (Phi) is 8.17. The smallest absolute Gasteiger partial charge is 0.262 e. The molecule has 0 bridgehead atoms. The molecule has 1 aliphatic rings. The van der Waals surface area contributed by atoms with Gasteiger partial charge in [-0.05, 0) is 89.2 Å². The minimum atomic E-state index is -3.64. The van der Waals surface area contributed by atoms with Gasteiger partial charge >= 0.3 is 0 Å². The summed E-state index contributed by atoms with van der Waals surface area (Å²) in [5.41, 5.74) is 3.47. The van der Waals surface area contributed by atoms with E-state index in [2.05, 4.69) is 28.7 Å². The molecule has 1 fully saturated rings. The van der Waals surface area contributed by atoms with Crippen LogP contribution in [-0.2, 0) is 29.9 Å². The van der Waals surface area contributed by atoms with Gasteiger partial charge in [0.2, 0.25) is 0 Å². The van der Waals surface area contributed by atoms with Gasteiger partial charge in [0, 0.05) is 7.05 Å². The van der Waals surface area contributed by atoms with Crippen LogP contribution < -0.4 is 4.72 Å². The Labute approximate surface area is 188 Å². The van der Waals surface area contributed by atoms with Crippen LogP contribution in [0.25, 0.3) is 0 Å². The summed E-state index contributed by atoms with van der Waals surface area (Å²) in [7, 11) is 0.409. The van der Waals surface area contributed by atoms with Crippen molar-refractivity contribution in [2.75, 3.05) is 24.9 Å². The van der Waals surface area contributed by atoms with E-state index in [1.165, 1.54) is 37.9 Å². The van der Waals surface area contributed by atoms with Crippen LogP contribution in [0.1, 0.15) is 62.4 Å². The van der Waals surface area contributed by atoms with Gasteiger partial charge in [-0.2, -0.15) is 5.10 Å². The molecule has 3 rings (SSSR count). The van der Waals surface area contributed by atoms with Crippen molar-refractivity contribution in [3.63, 3.8) is 0 Å². The van der Waals surface area contributed by atoms with Crippen molar-refractivity contribution in [3.05, 3.63) is 41.2 Å². The van der Waals surface area contributed by atoms with Gasteiger partial charge in [-0.15, -0.1) is 0 Å². The lowest BCUT2D eigenvalue weighted by molar-refractivity contribution is 0.210. The molecule has 0 saturated carbocycles. The van der Waals surface area contributed by atoms with Crippen LogP contribution in [0.15, 0.2) is 29.2 Å².